The van der Waals surface area contributed by atoms with Crippen LogP contribution in [0.3, 0.4) is 0 Å². The van der Waals surface area contributed by atoms with Crippen molar-refractivity contribution in [3.05, 3.63) is 35.6 Å². The van der Waals surface area contributed by atoms with Gasteiger partial charge in [0.25, 0.3) is 0 Å². The molecule has 0 fully saturated rings. The van der Waals surface area contributed by atoms with Gasteiger partial charge in [0.1, 0.15) is 5.82 Å². The summed E-state index contributed by atoms with van der Waals surface area (Å²) in [6, 6.07) is 7.09. The summed E-state index contributed by atoms with van der Waals surface area (Å²) in [5.74, 6) is 0.262. The summed E-state index contributed by atoms with van der Waals surface area (Å²) in [5, 5.41) is 10.2. The highest BCUT2D eigenvalue weighted by Gasteiger charge is 2.18. The summed E-state index contributed by atoms with van der Waals surface area (Å²) in [6.07, 6.45) is 0.396. The van der Waals surface area contributed by atoms with E-state index in [0.29, 0.717) is 37.8 Å². The Balaban J connectivity index is 2.59. The maximum atomic E-state index is 13.8. The van der Waals surface area contributed by atoms with Crippen LogP contribution in [0.15, 0.2) is 24.3 Å². The van der Waals surface area contributed by atoms with Crippen molar-refractivity contribution in [1.29, 1.82) is 0 Å². The topological polar surface area (TPSA) is 32.7 Å². The van der Waals surface area contributed by atoms with Gasteiger partial charge in [0.15, 0.2) is 0 Å². The molecular formula is C18H30FNO2. The van der Waals surface area contributed by atoms with Gasteiger partial charge in [-0.3, -0.25) is 4.90 Å². The molecule has 126 valence electrons. The Hall–Kier alpha value is -0.970. The fourth-order valence-electron chi connectivity index (χ4n) is 2.27. The minimum Gasteiger partial charge on any atom is -0.389 e. The fraction of sp³-hybridized carbons (Fsp3) is 0.667. The average molecular weight is 311 g/mol. The van der Waals surface area contributed by atoms with Crippen molar-refractivity contribution in [1.82, 2.24) is 4.90 Å². The quantitative estimate of drug-likeness (QED) is 0.718. The lowest BCUT2D eigenvalue weighted by Crippen LogP contribution is -2.40. The molecule has 0 radical (unpaired) electrons. The van der Waals surface area contributed by atoms with E-state index in [-0.39, 0.29) is 11.9 Å². The number of aliphatic hydroxyl groups excluding tert-OH is 1. The van der Waals surface area contributed by atoms with Gasteiger partial charge >= 0.3 is 0 Å². The first-order valence-corrected chi connectivity index (χ1v) is 8.17. The number of rotatable bonds is 10. The molecule has 0 spiro atoms. The summed E-state index contributed by atoms with van der Waals surface area (Å²) in [4.78, 5) is 2.11. The minimum absolute atomic E-state index is 0.193. The number of nitrogens with zero attached hydrogens (tertiary/aromatic N) is 1. The molecular weight excluding hydrogens is 281 g/mol. The van der Waals surface area contributed by atoms with Crippen molar-refractivity contribution in [2.75, 3.05) is 19.8 Å². The molecule has 4 heteroatoms. The zero-order chi connectivity index (χ0) is 16.5. The molecule has 0 aliphatic carbocycles. The molecule has 1 N–H and O–H groups in total. The lowest BCUT2D eigenvalue weighted by atomic mass is 10.1. The van der Waals surface area contributed by atoms with Gasteiger partial charge < -0.3 is 9.84 Å². The summed E-state index contributed by atoms with van der Waals surface area (Å²) < 4.78 is 19.3. The van der Waals surface area contributed by atoms with E-state index >= 15 is 0 Å². The zero-order valence-electron chi connectivity index (χ0n) is 14.3. The van der Waals surface area contributed by atoms with Gasteiger partial charge in [-0.25, -0.2) is 4.39 Å². The second-order valence-corrected chi connectivity index (χ2v) is 6.36. The van der Waals surface area contributed by atoms with Crippen LogP contribution in [0.2, 0.25) is 0 Å². The summed E-state index contributed by atoms with van der Waals surface area (Å²) in [5.41, 5.74) is 0.665. The number of halogens is 1. The van der Waals surface area contributed by atoms with E-state index in [4.69, 9.17) is 4.74 Å². The van der Waals surface area contributed by atoms with Crippen LogP contribution >= 0.6 is 0 Å². The van der Waals surface area contributed by atoms with E-state index in [0.717, 1.165) is 6.42 Å². The second kappa shape index (κ2) is 9.93. The van der Waals surface area contributed by atoms with Crippen molar-refractivity contribution in [3.8, 4) is 0 Å². The highest BCUT2D eigenvalue weighted by Crippen LogP contribution is 2.14. The Morgan fingerprint density at radius 1 is 1.18 bits per heavy atom. The Morgan fingerprint density at radius 3 is 2.45 bits per heavy atom. The third-order valence-corrected chi connectivity index (χ3v) is 3.75. The SMILES string of the molecule is CCC(C)N(Cc1ccccc1F)CC(O)COCC(C)C. The molecule has 1 aromatic carbocycles. The number of aliphatic hydroxyl groups is 1. The van der Waals surface area contributed by atoms with E-state index in [2.05, 4.69) is 32.6 Å². The lowest BCUT2D eigenvalue weighted by molar-refractivity contribution is -0.0000662. The molecule has 0 saturated carbocycles. The van der Waals surface area contributed by atoms with Crippen LogP contribution in [0.5, 0.6) is 0 Å². The van der Waals surface area contributed by atoms with Crippen LogP contribution in [0.25, 0.3) is 0 Å². The zero-order valence-corrected chi connectivity index (χ0v) is 14.3. The molecule has 0 aliphatic heterocycles. The van der Waals surface area contributed by atoms with Crippen LogP contribution in [0.1, 0.15) is 39.7 Å². The number of hydrogen-bond acceptors (Lipinski definition) is 3. The molecule has 0 saturated heterocycles. The van der Waals surface area contributed by atoms with Crippen LogP contribution in [-0.2, 0) is 11.3 Å². The van der Waals surface area contributed by atoms with Gasteiger partial charge in [-0.15, -0.1) is 0 Å². The Bertz CT molecular complexity index is 425. The smallest absolute Gasteiger partial charge is 0.127 e. The van der Waals surface area contributed by atoms with Gasteiger partial charge in [-0.2, -0.15) is 0 Å². The standard InChI is InChI=1S/C18H30FNO2/c1-5-15(4)20(10-16-8-6-7-9-18(16)19)11-17(21)13-22-12-14(2)3/h6-9,14-15,17,21H,5,10-13H2,1-4H3. The van der Waals surface area contributed by atoms with Gasteiger partial charge in [0.05, 0.1) is 12.7 Å². The van der Waals surface area contributed by atoms with Gasteiger partial charge in [0.2, 0.25) is 0 Å². The number of ether oxygens (including phenoxy) is 1. The monoisotopic (exact) mass is 311 g/mol. The summed E-state index contributed by atoms with van der Waals surface area (Å²) in [6.45, 7) is 10.3. The van der Waals surface area contributed by atoms with Crippen molar-refractivity contribution in [2.45, 2.75) is 52.8 Å². The molecule has 0 aliphatic rings. The first kappa shape index (κ1) is 19.1. The normalized spacial score (nSPS) is 14.5. The largest absolute Gasteiger partial charge is 0.389 e. The molecule has 22 heavy (non-hydrogen) atoms. The average Bonchev–Trinajstić information content (AvgIpc) is 2.47. The highest BCUT2D eigenvalue weighted by molar-refractivity contribution is 5.17. The summed E-state index contributed by atoms with van der Waals surface area (Å²) in [7, 11) is 0. The Morgan fingerprint density at radius 2 is 1.86 bits per heavy atom. The van der Waals surface area contributed by atoms with Gasteiger partial charge in [0, 0.05) is 31.3 Å². The first-order valence-electron chi connectivity index (χ1n) is 8.17. The molecule has 1 rings (SSSR count). The van der Waals surface area contributed by atoms with Crippen LogP contribution in [0, 0.1) is 11.7 Å². The Labute approximate surface area is 134 Å². The van der Waals surface area contributed by atoms with Crippen LogP contribution < -0.4 is 0 Å². The van der Waals surface area contributed by atoms with Gasteiger partial charge in [-0.1, -0.05) is 39.0 Å². The predicted octanol–water partition coefficient (Wildman–Crippen LogP) is 3.46. The second-order valence-electron chi connectivity index (χ2n) is 6.36. The van der Waals surface area contributed by atoms with Crippen molar-refractivity contribution >= 4 is 0 Å². The minimum atomic E-state index is -0.556. The predicted molar refractivity (Wildman–Crippen MR) is 88.2 cm³/mol. The Kier molecular flexibility index (Phi) is 8.61. The molecule has 2 atom stereocenters. The molecule has 3 nitrogen and oxygen atoms in total. The third kappa shape index (κ3) is 6.86. The molecule has 2 unspecified atom stereocenters. The lowest BCUT2D eigenvalue weighted by Gasteiger charge is -2.30. The van der Waals surface area contributed by atoms with Crippen molar-refractivity contribution in [3.63, 3.8) is 0 Å². The fourth-order valence-corrected chi connectivity index (χ4v) is 2.27. The maximum Gasteiger partial charge on any atom is 0.127 e. The first-order chi connectivity index (χ1) is 10.4. The van der Waals surface area contributed by atoms with Crippen LogP contribution in [-0.4, -0.2) is 41.9 Å². The number of hydrogen-bond donors (Lipinski definition) is 1. The van der Waals surface area contributed by atoms with E-state index in [1.165, 1.54) is 6.07 Å². The molecule has 0 bridgehead atoms. The molecule has 0 amide bonds. The molecule has 0 heterocycles. The van der Waals surface area contributed by atoms with Crippen molar-refractivity contribution < 1.29 is 14.2 Å². The molecule has 1 aromatic rings. The van der Waals surface area contributed by atoms with Gasteiger partial charge in [-0.05, 0) is 25.3 Å². The molecule has 0 aromatic heterocycles. The van der Waals surface area contributed by atoms with E-state index in [1.807, 2.05) is 6.07 Å². The van der Waals surface area contributed by atoms with E-state index < -0.39 is 6.10 Å². The summed E-state index contributed by atoms with van der Waals surface area (Å²) >= 11 is 0. The number of benzene rings is 1. The highest BCUT2D eigenvalue weighted by atomic mass is 19.1. The maximum absolute atomic E-state index is 13.8. The van der Waals surface area contributed by atoms with Crippen molar-refractivity contribution in [2.24, 2.45) is 5.92 Å². The van der Waals surface area contributed by atoms with E-state index in [1.54, 1.807) is 12.1 Å². The van der Waals surface area contributed by atoms with E-state index in [9.17, 15) is 9.50 Å². The van der Waals surface area contributed by atoms with Crippen LogP contribution in [0.4, 0.5) is 4.39 Å². The third-order valence-electron chi connectivity index (χ3n) is 3.75.